The first kappa shape index (κ1) is 17.8. The van der Waals surface area contributed by atoms with Crippen LogP contribution in [-0.4, -0.2) is 41.5 Å². The number of hydrogen-bond acceptors (Lipinski definition) is 3. The molecule has 1 aliphatic heterocycles. The summed E-state index contributed by atoms with van der Waals surface area (Å²) < 4.78 is 0.935. The maximum Gasteiger partial charge on any atom is 0.215 e. The van der Waals surface area contributed by atoms with Crippen molar-refractivity contribution >= 4 is 45.0 Å². The van der Waals surface area contributed by atoms with Crippen LogP contribution in [0.2, 0.25) is 0 Å². The summed E-state index contributed by atoms with van der Waals surface area (Å²) in [5.74, 6) is 0.849. The molecular formula is C18H24BrN3OS. The maximum atomic E-state index is 11.8. The minimum absolute atomic E-state index is 0.00993. The topological polar surface area (TPSA) is 35.9 Å². The van der Waals surface area contributed by atoms with Gasteiger partial charge in [0.2, 0.25) is 6.41 Å². The Morgan fingerprint density at radius 1 is 1.25 bits per heavy atom. The summed E-state index contributed by atoms with van der Waals surface area (Å²) in [5.41, 5.74) is 0.903. The number of para-hydroxylation sites is 1. The van der Waals surface area contributed by atoms with Crippen molar-refractivity contribution in [2.45, 2.75) is 50.7 Å². The lowest BCUT2D eigenvalue weighted by Crippen LogP contribution is -2.45. The average Bonchev–Trinajstić information content (AvgIpc) is 2.78. The van der Waals surface area contributed by atoms with Crippen LogP contribution in [-0.2, 0) is 4.79 Å². The number of rotatable bonds is 4. The third-order valence-electron chi connectivity index (χ3n) is 4.79. The first-order valence-corrected chi connectivity index (χ1v) is 10.4. The first-order valence-electron chi connectivity index (χ1n) is 8.62. The van der Waals surface area contributed by atoms with Crippen molar-refractivity contribution < 1.29 is 4.79 Å². The van der Waals surface area contributed by atoms with Gasteiger partial charge in [-0.25, -0.2) is 0 Å². The van der Waals surface area contributed by atoms with E-state index in [-0.39, 0.29) is 6.17 Å². The van der Waals surface area contributed by atoms with Gasteiger partial charge in [-0.2, -0.15) is 0 Å². The van der Waals surface area contributed by atoms with Crippen LogP contribution in [0, 0.1) is 0 Å². The van der Waals surface area contributed by atoms with E-state index in [2.05, 4.69) is 20.8 Å². The molecule has 3 rings (SSSR count). The van der Waals surface area contributed by atoms with Crippen molar-refractivity contribution in [1.82, 2.24) is 4.90 Å². The van der Waals surface area contributed by atoms with Gasteiger partial charge < -0.3 is 4.90 Å². The van der Waals surface area contributed by atoms with Crippen molar-refractivity contribution in [3.63, 3.8) is 0 Å². The van der Waals surface area contributed by atoms with Crippen LogP contribution in [0.3, 0.4) is 0 Å². The Balaban J connectivity index is 1.76. The van der Waals surface area contributed by atoms with Crippen molar-refractivity contribution in [1.29, 1.82) is 0 Å². The summed E-state index contributed by atoms with van der Waals surface area (Å²) in [6, 6.07) is 8.30. The number of halogens is 1. The van der Waals surface area contributed by atoms with Gasteiger partial charge in [-0.1, -0.05) is 49.6 Å². The van der Waals surface area contributed by atoms with Gasteiger partial charge >= 0.3 is 0 Å². The van der Waals surface area contributed by atoms with E-state index in [1.807, 2.05) is 31.3 Å². The fourth-order valence-corrected chi connectivity index (χ4v) is 5.10. The molecule has 0 aromatic heterocycles. The lowest BCUT2D eigenvalue weighted by atomic mass is 10.1. The second-order valence-electron chi connectivity index (χ2n) is 6.42. The molecule has 1 atom stereocenters. The summed E-state index contributed by atoms with van der Waals surface area (Å²) in [7, 11) is 2.05. The Morgan fingerprint density at radius 3 is 2.62 bits per heavy atom. The Hall–Kier alpha value is -1.01. The van der Waals surface area contributed by atoms with Crippen LogP contribution < -0.4 is 4.90 Å². The smallest absolute Gasteiger partial charge is 0.215 e. The van der Waals surface area contributed by atoms with Crippen molar-refractivity contribution in [2.75, 3.05) is 17.7 Å². The van der Waals surface area contributed by atoms with Gasteiger partial charge in [-0.3, -0.25) is 14.7 Å². The van der Waals surface area contributed by atoms with E-state index >= 15 is 0 Å². The molecule has 1 heterocycles. The van der Waals surface area contributed by atoms with Gasteiger partial charge in [-0.05, 0) is 40.9 Å². The Morgan fingerprint density at radius 2 is 1.96 bits per heavy atom. The highest BCUT2D eigenvalue weighted by molar-refractivity contribution is 9.10. The largest absolute Gasteiger partial charge is 0.333 e. The fraction of sp³-hybridized carbons (Fsp3) is 0.556. The fourth-order valence-electron chi connectivity index (χ4n) is 3.38. The van der Waals surface area contributed by atoms with E-state index in [0.29, 0.717) is 6.04 Å². The van der Waals surface area contributed by atoms with Gasteiger partial charge in [0.25, 0.3) is 0 Å². The molecule has 0 radical (unpaired) electrons. The average molecular weight is 410 g/mol. The molecule has 130 valence electrons. The minimum atomic E-state index is 0.00993. The lowest BCUT2D eigenvalue weighted by molar-refractivity contribution is -0.108. The van der Waals surface area contributed by atoms with Gasteiger partial charge in [0.15, 0.2) is 5.17 Å². The standard InChI is InChI=1S/C18H24BrN3OS/c1-21-17(22(13-23)16-11-7-6-10-15(16)19)12-24-18(21)20-14-8-4-2-3-5-9-14/h6-7,10-11,13-14,17H,2-5,8-9,12H2,1H3. The number of carbonyl (C=O) groups excluding carboxylic acids is 1. The predicted octanol–water partition coefficient (Wildman–Crippen LogP) is 4.50. The van der Waals surface area contributed by atoms with E-state index in [4.69, 9.17) is 4.99 Å². The van der Waals surface area contributed by atoms with Crippen LogP contribution in [0.1, 0.15) is 38.5 Å². The SMILES string of the molecule is CN1C(=NC2CCCCCC2)SCC1N(C=O)c1ccccc1Br. The number of thioether (sulfide) groups is 1. The van der Waals surface area contributed by atoms with Gasteiger partial charge in [0.05, 0.1) is 11.7 Å². The van der Waals surface area contributed by atoms with Crippen LogP contribution in [0.25, 0.3) is 0 Å². The molecule has 1 aliphatic carbocycles. The second kappa shape index (κ2) is 8.39. The van der Waals surface area contributed by atoms with Crippen molar-refractivity contribution in [3.8, 4) is 0 Å². The van der Waals surface area contributed by atoms with E-state index in [1.165, 1.54) is 38.5 Å². The summed E-state index contributed by atoms with van der Waals surface area (Å²) >= 11 is 5.32. The third-order valence-corrected chi connectivity index (χ3v) is 6.58. The highest BCUT2D eigenvalue weighted by Gasteiger charge is 2.33. The minimum Gasteiger partial charge on any atom is -0.333 e. The molecule has 0 spiro atoms. The molecule has 1 unspecified atom stereocenters. The summed E-state index contributed by atoms with van der Waals surface area (Å²) in [6.07, 6.45) is 8.59. The van der Waals surface area contributed by atoms with Crippen LogP contribution >= 0.6 is 27.7 Å². The number of carbonyl (C=O) groups is 1. The van der Waals surface area contributed by atoms with E-state index in [1.54, 1.807) is 16.7 Å². The Bertz CT molecular complexity index is 602. The zero-order valence-corrected chi connectivity index (χ0v) is 16.4. The quantitative estimate of drug-likeness (QED) is 0.542. The summed E-state index contributed by atoms with van der Waals surface area (Å²) in [5, 5.41) is 1.07. The van der Waals surface area contributed by atoms with Crippen molar-refractivity contribution in [3.05, 3.63) is 28.7 Å². The number of benzene rings is 1. The molecule has 24 heavy (non-hydrogen) atoms. The predicted molar refractivity (Wildman–Crippen MR) is 106 cm³/mol. The number of aliphatic imine (C=N–C) groups is 1. The number of amides is 1. The normalized spacial score (nSPS) is 24.2. The van der Waals surface area contributed by atoms with Crippen LogP contribution in [0.5, 0.6) is 0 Å². The molecule has 2 aliphatic rings. The van der Waals surface area contributed by atoms with Gasteiger partial charge in [0, 0.05) is 17.3 Å². The second-order valence-corrected chi connectivity index (χ2v) is 8.27. The highest BCUT2D eigenvalue weighted by atomic mass is 79.9. The Kier molecular flexibility index (Phi) is 6.22. The molecule has 1 saturated carbocycles. The lowest BCUT2D eigenvalue weighted by Gasteiger charge is -2.31. The molecule has 0 N–H and O–H groups in total. The first-order chi connectivity index (χ1) is 11.7. The number of amidine groups is 1. The number of nitrogens with zero attached hydrogens (tertiary/aromatic N) is 3. The van der Waals surface area contributed by atoms with E-state index in [9.17, 15) is 4.79 Å². The molecule has 2 fully saturated rings. The number of hydrogen-bond donors (Lipinski definition) is 0. The van der Waals surface area contributed by atoms with Gasteiger partial charge in [-0.15, -0.1) is 0 Å². The molecule has 1 aromatic carbocycles. The highest BCUT2D eigenvalue weighted by Crippen LogP contribution is 2.33. The van der Waals surface area contributed by atoms with Crippen LogP contribution in [0.15, 0.2) is 33.7 Å². The van der Waals surface area contributed by atoms with Gasteiger partial charge in [0.1, 0.15) is 6.17 Å². The van der Waals surface area contributed by atoms with E-state index in [0.717, 1.165) is 27.5 Å². The third kappa shape index (κ3) is 3.97. The van der Waals surface area contributed by atoms with Crippen LogP contribution in [0.4, 0.5) is 5.69 Å². The molecule has 4 nitrogen and oxygen atoms in total. The molecule has 0 bridgehead atoms. The molecular weight excluding hydrogens is 386 g/mol. The molecule has 1 saturated heterocycles. The summed E-state index contributed by atoms with van der Waals surface area (Å²) in [4.78, 5) is 20.7. The maximum absolute atomic E-state index is 11.8. The molecule has 6 heteroatoms. The summed E-state index contributed by atoms with van der Waals surface area (Å²) in [6.45, 7) is 0. The zero-order valence-electron chi connectivity index (χ0n) is 14.0. The van der Waals surface area contributed by atoms with E-state index < -0.39 is 0 Å². The Labute approximate surface area is 156 Å². The molecule has 1 amide bonds. The number of anilines is 1. The monoisotopic (exact) mass is 409 g/mol. The molecule has 1 aromatic rings. The zero-order chi connectivity index (χ0) is 16.9. The van der Waals surface area contributed by atoms with Crippen molar-refractivity contribution in [2.24, 2.45) is 4.99 Å².